The largest absolute Gasteiger partial charge is 0.506 e. The standard InChI is InChI=1S/C18H10BrIN2O6/c19-9-3-8(15(23)12(20)5-9)4-11-16(24)21-18(26)22(17(11)25)10-1-2-13-14(6-10)28-7-27-13/h1-6,23H,7H2,(H,21,24,26)/b11-4-. The van der Waals surface area contributed by atoms with E-state index in [9.17, 15) is 19.5 Å². The summed E-state index contributed by atoms with van der Waals surface area (Å²) in [5, 5.41) is 12.4. The molecule has 0 spiro atoms. The molecule has 0 aliphatic carbocycles. The van der Waals surface area contributed by atoms with Gasteiger partial charge in [-0.1, -0.05) is 15.9 Å². The van der Waals surface area contributed by atoms with Crippen LogP contribution in [-0.2, 0) is 9.59 Å². The van der Waals surface area contributed by atoms with Crippen LogP contribution in [0.2, 0.25) is 0 Å². The van der Waals surface area contributed by atoms with Gasteiger partial charge in [0.15, 0.2) is 11.5 Å². The minimum absolute atomic E-state index is 0.0450. The molecule has 1 saturated heterocycles. The fourth-order valence-corrected chi connectivity index (χ4v) is 4.32. The van der Waals surface area contributed by atoms with Crippen molar-refractivity contribution in [1.82, 2.24) is 5.32 Å². The first-order chi connectivity index (χ1) is 13.3. The number of ether oxygens (including phenoxy) is 2. The van der Waals surface area contributed by atoms with Gasteiger partial charge in [-0.15, -0.1) is 0 Å². The molecule has 0 atom stereocenters. The predicted molar refractivity (Wildman–Crippen MR) is 110 cm³/mol. The van der Waals surface area contributed by atoms with Gasteiger partial charge in [0.05, 0.1) is 9.26 Å². The first kappa shape index (κ1) is 18.7. The monoisotopic (exact) mass is 556 g/mol. The third-order valence-corrected chi connectivity index (χ3v) is 5.35. The van der Waals surface area contributed by atoms with Gasteiger partial charge < -0.3 is 14.6 Å². The average Bonchev–Trinajstić information content (AvgIpc) is 3.10. The maximum atomic E-state index is 12.9. The van der Waals surface area contributed by atoms with Crippen LogP contribution in [0.25, 0.3) is 6.08 Å². The number of phenolic OH excluding ortho intramolecular Hbond substituents is 1. The van der Waals surface area contributed by atoms with Crippen molar-refractivity contribution in [1.29, 1.82) is 0 Å². The van der Waals surface area contributed by atoms with Crippen LogP contribution < -0.4 is 19.7 Å². The number of benzene rings is 2. The van der Waals surface area contributed by atoms with Gasteiger partial charge in [-0.2, -0.15) is 0 Å². The van der Waals surface area contributed by atoms with E-state index in [0.29, 0.717) is 19.5 Å². The third-order valence-electron chi connectivity index (χ3n) is 4.07. The summed E-state index contributed by atoms with van der Waals surface area (Å²) in [4.78, 5) is 38.4. The number of hydrogen-bond donors (Lipinski definition) is 2. The molecule has 10 heteroatoms. The maximum Gasteiger partial charge on any atom is 0.335 e. The minimum atomic E-state index is -0.876. The summed E-state index contributed by atoms with van der Waals surface area (Å²) in [6, 6.07) is 6.93. The number of halogens is 2. The summed E-state index contributed by atoms with van der Waals surface area (Å²) in [6.45, 7) is 0.0450. The van der Waals surface area contributed by atoms with Gasteiger partial charge in [-0.3, -0.25) is 14.9 Å². The van der Waals surface area contributed by atoms with Crippen molar-refractivity contribution in [3.8, 4) is 17.2 Å². The number of amides is 4. The molecule has 4 rings (SSSR count). The Bertz CT molecular complexity index is 1080. The SMILES string of the molecule is O=C1NC(=O)N(c2ccc3c(c2)OCO3)C(=O)/C1=C\c1cc(Br)cc(I)c1O. The number of imide groups is 2. The number of anilines is 1. The van der Waals surface area contributed by atoms with Gasteiger partial charge in [0.1, 0.15) is 11.3 Å². The zero-order valence-corrected chi connectivity index (χ0v) is 17.6. The molecule has 2 aliphatic heterocycles. The number of barbiturate groups is 1. The molecule has 1 fully saturated rings. The number of carbonyl (C=O) groups is 3. The van der Waals surface area contributed by atoms with E-state index in [1.165, 1.54) is 18.2 Å². The zero-order chi connectivity index (χ0) is 20.0. The Kier molecular flexibility index (Phi) is 4.75. The normalized spacial score (nSPS) is 17.3. The lowest BCUT2D eigenvalue weighted by Crippen LogP contribution is -2.54. The summed E-state index contributed by atoms with van der Waals surface area (Å²) in [6.07, 6.45) is 1.24. The molecule has 0 unspecified atom stereocenters. The van der Waals surface area contributed by atoms with Crippen LogP contribution in [0, 0.1) is 3.57 Å². The number of aromatic hydroxyl groups is 1. The Morgan fingerprint density at radius 3 is 2.68 bits per heavy atom. The van der Waals surface area contributed by atoms with Crippen molar-refractivity contribution in [3.63, 3.8) is 0 Å². The highest BCUT2D eigenvalue weighted by atomic mass is 127. The number of nitrogens with one attached hydrogen (secondary N) is 1. The van der Waals surface area contributed by atoms with Crippen molar-refractivity contribution in [2.24, 2.45) is 0 Å². The van der Waals surface area contributed by atoms with Crippen molar-refractivity contribution < 1.29 is 29.0 Å². The summed E-state index contributed by atoms with van der Waals surface area (Å²) < 4.78 is 11.7. The molecule has 4 amide bonds. The number of rotatable bonds is 2. The quantitative estimate of drug-likeness (QED) is 0.334. The molecule has 2 N–H and O–H groups in total. The summed E-state index contributed by atoms with van der Waals surface area (Å²) in [5.74, 6) is -0.861. The van der Waals surface area contributed by atoms with Crippen LogP contribution >= 0.6 is 38.5 Å². The Hall–Kier alpha value is -2.60. The molecule has 0 aromatic heterocycles. The summed E-state index contributed by atoms with van der Waals surface area (Å²) >= 11 is 5.24. The molecular formula is C18H10BrIN2O6. The second-order valence-electron chi connectivity index (χ2n) is 5.82. The zero-order valence-electron chi connectivity index (χ0n) is 13.9. The molecule has 28 heavy (non-hydrogen) atoms. The highest BCUT2D eigenvalue weighted by Gasteiger charge is 2.37. The van der Waals surface area contributed by atoms with Crippen LogP contribution in [-0.4, -0.2) is 29.7 Å². The van der Waals surface area contributed by atoms with Gasteiger partial charge in [-0.05, 0) is 52.9 Å². The predicted octanol–water partition coefficient (Wildman–Crippen LogP) is 3.15. The number of carbonyl (C=O) groups excluding carboxylic acids is 3. The van der Waals surface area contributed by atoms with Gasteiger partial charge >= 0.3 is 6.03 Å². The number of phenols is 1. The fourth-order valence-electron chi connectivity index (χ4n) is 2.77. The number of hydrogen-bond acceptors (Lipinski definition) is 6. The van der Waals surface area contributed by atoms with Crippen molar-refractivity contribution in [2.75, 3.05) is 11.7 Å². The van der Waals surface area contributed by atoms with E-state index in [1.54, 1.807) is 18.2 Å². The second-order valence-corrected chi connectivity index (χ2v) is 7.90. The van der Waals surface area contributed by atoms with E-state index >= 15 is 0 Å². The van der Waals surface area contributed by atoms with Crippen LogP contribution in [0.1, 0.15) is 5.56 Å². The Morgan fingerprint density at radius 2 is 1.89 bits per heavy atom. The molecule has 2 aromatic carbocycles. The van der Waals surface area contributed by atoms with Crippen LogP contribution in [0.3, 0.4) is 0 Å². The molecule has 2 aromatic rings. The highest BCUT2D eigenvalue weighted by molar-refractivity contribution is 14.1. The molecule has 2 aliphatic rings. The lowest BCUT2D eigenvalue weighted by atomic mass is 10.1. The van der Waals surface area contributed by atoms with E-state index < -0.39 is 17.8 Å². The Balaban J connectivity index is 1.77. The number of fused-ring (bicyclic) bond motifs is 1. The van der Waals surface area contributed by atoms with E-state index in [1.807, 2.05) is 22.6 Å². The lowest BCUT2D eigenvalue weighted by Gasteiger charge is -2.26. The molecule has 2 heterocycles. The number of nitrogens with zero attached hydrogens (tertiary/aromatic N) is 1. The molecule has 0 saturated carbocycles. The smallest absolute Gasteiger partial charge is 0.335 e. The summed E-state index contributed by atoms with van der Waals surface area (Å²) in [7, 11) is 0. The van der Waals surface area contributed by atoms with Crippen LogP contribution in [0.15, 0.2) is 40.4 Å². The topological polar surface area (TPSA) is 105 Å². The van der Waals surface area contributed by atoms with Crippen LogP contribution in [0.4, 0.5) is 10.5 Å². The molecule has 142 valence electrons. The fraction of sp³-hybridized carbons (Fsp3) is 0.0556. The van der Waals surface area contributed by atoms with Crippen molar-refractivity contribution >= 4 is 68.1 Å². The first-order valence-electron chi connectivity index (χ1n) is 7.84. The third kappa shape index (κ3) is 3.22. The van der Waals surface area contributed by atoms with Gasteiger partial charge in [0.25, 0.3) is 11.8 Å². The average molecular weight is 557 g/mol. The first-order valence-corrected chi connectivity index (χ1v) is 9.71. The lowest BCUT2D eigenvalue weighted by molar-refractivity contribution is -0.122. The highest BCUT2D eigenvalue weighted by Crippen LogP contribution is 2.37. The van der Waals surface area contributed by atoms with Gasteiger partial charge in [0.2, 0.25) is 6.79 Å². The van der Waals surface area contributed by atoms with E-state index in [-0.39, 0.29) is 29.4 Å². The molecule has 8 nitrogen and oxygen atoms in total. The van der Waals surface area contributed by atoms with Gasteiger partial charge in [0, 0.05) is 16.1 Å². The Morgan fingerprint density at radius 1 is 1.14 bits per heavy atom. The molecule has 0 radical (unpaired) electrons. The molecule has 0 bridgehead atoms. The van der Waals surface area contributed by atoms with E-state index in [0.717, 1.165) is 4.90 Å². The van der Waals surface area contributed by atoms with E-state index in [4.69, 9.17) is 9.47 Å². The van der Waals surface area contributed by atoms with Gasteiger partial charge in [-0.25, -0.2) is 9.69 Å². The van der Waals surface area contributed by atoms with Crippen molar-refractivity contribution in [2.45, 2.75) is 0 Å². The Labute approximate surface area is 180 Å². The molecular weight excluding hydrogens is 547 g/mol. The minimum Gasteiger partial charge on any atom is -0.506 e. The second kappa shape index (κ2) is 7.09. The van der Waals surface area contributed by atoms with E-state index in [2.05, 4.69) is 21.2 Å². The van der Waals surface area contributed by atoms with Crippen molar-refractivity contribution in [3.05, 3.63) is 49.5 Å². The van der Waals surface area contributed by atoms with Crippen LogP contribution in [0.5, 0.6) is 17.2 Å². The number of urea groups is 1. The maximum absolute atomic E-state index is 12.9. The summed E-state index contributed by atoms with van der Waals surface area (Å²) in [5.41, 5.74) is 0.192.